The quantitative estimate of drug-likeness (QED) is 0.705. The van der Waals surface area contributed by atoms with Crippen LogP contribution in [0, 0.1) is 0 Å². The van der Waals surface area contributed by atoms with E-state index >= 15 is 0 Å². The number of nitrogens with zero attached hydrogens (tertiary/aromatic N) is 1. The molecule has 6 heteroatoms. The van der Waals surface area contributed by atoms with Crippen LogP contribution in [0.2, 0.25) is 0 Å². The Balaban J connectivity index is 2.88. The second-order valence-electron chi connectivity index (χ2n) is 4.59. The first-order chi connectivity index (χ1) is 10.1. The second-order valence-corrected chi connectivity index (χ2v) is 4.59. The lowest BCUT2D eigenvalue weighted by atomic mass is 10.1. The lowest BCUT2D eigenvalue weighted by molar-refractivity contribution is 0.0696. The van der Waals surface area contributed by atoms with Gasteiger partial charge in [-0.05, 0) is 18.2 Å². The van der Waals surface area contributed by atoms with E-state index in [0.717, 1.165) is 18.7 Å². The number of rotatable bonds is 10. The van der Waals surface area contributed by atoms with E-state index in [0.29, 0.717) is 25.5 Å². The molecule has 0 aliphatic heterocycles. The Bertz CT molecular complexity index is 442. The van der Waals surface area contributed by atoms with Crippen LogP contribution < -0.4 is 4.74 Å². The third-order valence-electron chi connectivity index (χ3n) is 3.14. The molecule has 1 aromatic rings. The summed E-state index contributed by atoms with van der Waals surface area (Å²) in [5.74, 6) is -0.265. The maximum atomic E-state index is 11.1. The van der Waals surface area contributed by atoms with E-state index in [1.807, 2.05) is 0 Å². The molecular weight excluding hydrogens is 274 g/mol. The molecule has 0 atom stereocenters. The summed E-state index contributed by atoms with van der Waals surface area (Å²) in [7, 11) is 4.88. The third kappa shape index (κ3) is 5.71. The first-order valence-electron chi connectivity index (χ1n) is 6.72. The molecule has 0 bridgehead atoms. The molecule has 0 fully saturated rings. The van der Waals surface area contributed by atoms with Gasteiger partial charge >= 0.3 is 5.97 Å². The summed E-state index contributed by atoms with van der Waals surface area (Å²) in [6.45, 7) is 3.26. The number of carbonyl (C=O) groups is 1. The number of benzene rings is 1. The lowest BCUT2D eigenvalue weighted by Gasteiger charge is -2.23. The molecule has 6 nitrogen and oxygen atoms in total. The summed E-state index contributed by atoms with van der Waals surface area (Å²) >= 11 is 0. The van der Waals surface area contributed by atoms with Crippen LogP contribution in [0.3, 0.4) is 0 Å². The number of ether oxygens (including phenoxy) is 3. The molecule has 1 N–H and O–H groups in total. The predicted molar refractivity (Wildman–Crippen MR) is 79.0 cm³/mol. The van der Waals surface area contributed by atoms with Crippen molar-refractivity contribution in [1.29, 1.82) is 0 Å². The summed E-state index contributed by atoms with van der Waals surface area (Å²) in [6.07, 6.45) is 0. The molecule has 0 heterocycles. The van der Waals surface area contributed by atoms with Crippen LogP contribution in [0.4, 0.5) is 0 Å². The molecule has 0 spiro atoms. The first-order valence-corrected chi connectivity index (χ1v) is 6.72. The Morgan fingerprint density at radius 3 is 2.24 bits per heavy atom. The fourth-order valence-corrected chi connectivity index (χ4v) is 1.99. The maximum Gasteiger partial charge on any atom is 0.335 e. The number of carboxylic acids is 1. The van der Waals surface area contributed by atoms with Gasteiger partial charge < -0.3 is 19.3 Å². The van der Waals surface area contributed by atoms with Crippen LogP contribution >= 0.6 is 0 Å². The number of carboxylic acid groups (broad SMARTS) is 1. The fraction of sp³-hybridized carbons (Fsp3) is 0.533. The van der Waals surface area contributed by atoms with Crippen molar-refractivity contribution >= 4 is 5.97 Å². The molecule has 0 amide bonds. The van der Waals surface area contributed by atoms with Gasteiger partial charge in [0.1, 0.15) is 5.75 Å². The van der Waals surface area contributed by atoms with Crippen LogP contribution in [0.1, 0.15) is 15.9 Å². The largest absolute Gasteiger partial charge is 0.496 e. The summed E-state index contributed by atoms with van der Waals surface area (Å²) in [5.41, 5.74) is 1.09. The van der Waals surface area contributed by atoms with E-state index in [-0.39, 0.29) is 5.56 Å². The van der Waals surface area contributed by atoms with Gasteiger partial charge in [-0.2, -0.15) is 0 Å². The highest BCUT2D eigenvalue weighted by Gasteiger charge is 2.13. The van der Waals surface area contributed by atoms with E-state index in [4.69, 9.17) is 19.3 Å². The Morgan fingerprint density at radius 1 is 1.14 bits per heavy atom. The van der Waals surface area contributed by atoms with Crippen LogP contribution in [0.5, 0.6) is 5.75 Å². The van der Waals surface area contributed by atoms with Gasteiger partial charge in [0.05, 0.1) is 25.9 Å². The van der Waals surface area contributed by atoms with Crippen LogP contribution in [-0.2, 0) is 16.0 Å². The van der Waals surface area contributed by atoms with Gasteiger partial charge in [-0.15, -0.1) is 0 Å². The average molecular weight is 297 g/mol. The average Bonchev–Trinajstić information content (AvgIpc) is 2.49. The Labute approximate surface area is 125 Å². The van der Waals surface area contributed by atoms with Crippen molar-refractivity contribution in [2.45, 2.75) is 6.54 Å². The molecule has 0 aliphatic rings. The minimum absolute atomic E-state index is 0.254. The number of aromatic carboxylic acids is 1. The minimum atomic E-state index is -0.945. The monoisotopic (exact) mass is 297 g/mol. The summed E-state index contributed by atoms with van der Waals surface area (Å²) < 4.78 is 15.5. The fourth-order valence-electron chi connectivity index (χ4n) is 1.99. The van der Waals surface area contributed by atoms with Gasteiger partial charge in [0.2, 0.25) is 0 Å². The molecule has 0 aliphatic carbocycles. The van der Waals surface area contributed by atoms with Crippen molar-refractivity contribution in [2.24, 2.45) is 0 Å². The van der Waals surface area contributed by atoms with Crippen LogP contribution in [0.25, 0.3) is 0 Å². The predicted octanol–water partition coefficient (Wildman–Crippen LogP) is 1.49. The van der Waals surface area contributed by atoms with E-state index in [2.05, 4.69) is 4.90 Å². The molecule has 118 valence electrons. The van der Waals surface area contributed by atoms with Gasteiger partial charge in [-0.1, -0.05) is 0 Å². The highest BCUT2D eigenvalue weighted by molar-refractivity contribution is 5.88. The second kappa shape index (κ2) is 9.33. The van der Waals surface area contributed by atoms with Gasteiger partial charge in [0.25, 0.3) is 0 Å². The van der Waals surface area contributed by atoms with Gasteiger partial charge in [-0.3, -0.25) is 4.90 Å². The topological polar surface area (TPSA) is 68.2 Å². The molecule has 0 saturated carbocycles. The molecule has 0 radical (unpaired) electrons. The number of hydrogen-bond donors (Lipinski definition) is 1. The highest BCUT2D eigenvalue weighted by atomic mass is 16.5. The molecular formula is C15H23NO5. The summed E-state index contributed by atoms with van der Waals surface area (Å²) in [5, 5.41) is 9.10. The Morgan fingerprint density at radius 2 is 1.76 bits per heavy atom. The molecule has 0 aromatic heterocycles. The molecule has 1 aromatic carbocycles. The lowest BCUT2D eigenvalue weighted by Crippen LogP contribution is -2.30. The Kier molecular flexibility index (Phi) is 7.74. The summed E-state index contributed by atoms with van der Waals surface area (Å²) in [6, 6.07) is 4.87. The number of methoxy groups -OCH3 is 3. The maximum absolute atomic E-state index is 11.1. The van der Waals surface area contributed by atoms with Crippen molar-refractivity contribution in [3.8, 4) is 5.75 Å². The van der Waals surface area contributed by atoms with Crippen molar-refractivity contribution < 1.29 is 24.1 Å². The molecule has 21 heavy (non-hydrogen) atoms. The smallest absolute Gasteiger partial charge is 0.335 e. The Hall–Kier alpha value is -1.63. The zero-order chi connectivity index (χ0) is 15.7. The van der Waals surface area contributed by atoms with Gasteiger partial charge in [0.15, 0.2) is 0 Å². The molecule has 1 rings (SSSR count). The zero-order valence-electron chi connectivity index (χ0n) is 12.8. The minimum Gasteiger partial charge on any atom is -0.496 e. The molecule has 0 unspecified atom stereocenters. The van der Waals surface area contributed by atoms with Crippen molar-refractivity contribution in [3.63, 3.8) is 0 Å². The van der Waals surface area contributed by atoms with E-state index in [1.54, 1.807) is 39.5 Å². The van der Waals surface area contributed by atoms with Crippen LogP contribution in [0.15, 0.2) is 18.2 Å². The zero-order valence-corrected chi connectivity index (χ0v) is 12.8. The van der Waals surface area contributed by atoms with E-state index < -0.39 is 5.97 Å². The SMILES string of the molecule is COCCN(CCOC)Cc1cc(C(=O)O)ccc1OC. The van der Waals surface area contributed by atoms with E-state index in [1.165, 1.54) is 0 Å². The van der Waals surface area contributed by atoms with E-state index in [9.17, 15) is 4.79 Å². The van der Waals surface area contributed by atoms with Crippen LogP contribution in [-0.4, -0.2) is 63.6 Å². The first kappa shape index (κ1) is 17.4. The highest BCUT2D eigenvalue weighted by Crippen LogP contribution is 2.21. The van der Waals surface area contributed by atoms with Crippen molar-refractivity contribution in [1.82, 2.24) is 4.90 Å². The standard InChI is InChI=1S/C15H23NO5/c1-19-8-6-16(7-9-20-2)11-13-10-12(15(17)18)4-5-14(13)21-3/h4-5,10H,6-9,11H2,1-3H3,(H,17,18). The van der Waals surface area contributed by atoms with Gasteiger partial charge in [0, 0.05) is 39.4 Å². The van der Waals surface area contributed by atoms with Crippen molar-refractivity contribution in [2.75, 3.05) is 47.6 Å². The van der Waals surface area contributed by atoms with Gasteiger partial charge in [-0.25, -0.2) is 4.79 Å². The number of hydrogen-bond acceptors (Lipinski definition) is 5. The molecule has 0 saturated heterocycles. The van der Waals surface area contributed by atoms with Crippen molar-refractivity contribution in [3.05, 3.63) is 29.3 Å². The summed E-state index contributed by atoms with van der Waals surface area (Å²) in [4.78, 5) is 13.2. The third-order valence-corrected chi connectivity index (χ3v) is 3.14. The normalized spacial score (nSPS) is 10.9.